The summed E-state index contributed by atoms with van der Waals surface area (Å²) in [6.07, 6.45) is 0. The van der Waals surface area contributed by atoms with E-state index in [2.05, 4.69) is 40.4 Å². The summed E-state index contributed by atoms with van der Waals surface area (Å²) >= 11 is 0. The van der Waals surface area contributed by atoms with Gasteiger partial charge in [0.1, 0.15) is 0 Å². The highest BCUT2D eigenvalue weighted by atomic mass is 32.2. The minimum absolute atomic E-state index is 0.0251. The van der Waals surface area contributed by atoms with Gasteiger partial charge in [0.2, 0.25) is 10.0 Å². The van der Waals surface area contributed by atoms with Crippen LogP contribution in [-0.2, 0) is 10.0 Å². The topological polar surface area (TPSA) is 37.1 Å². The van der Waals surface area contributed by atoms with Crippen molar-refractivity contribution < 1.29 is 8.42 Å². The first-order chi connectivity index (χ1) is 9.37. The molecule has 0 saturated carbocycles. The molecule has 0 amide bonds. The molecule has 0 spiro atoms. The third kappa shape index (κ3) is 3.10. The number of benzene rings is 1. The second-order valence-electron chi connectivity index (χ2n) is 8.27. The summed E-state index contributed by atoms with van der Waals surface area (Å²) in [5.74, 6) is 0. The van der Waals surface area contributed by atoms with Gasteiger partial charge < -0.3 is 0 Å². The molecule has 0 N–H and O–H groups in total. The van der Waals surface area contributed by atoms with Gasteiger partial charge in [-0.2, -0.15) is 4.31 Å². The van der Waals surface area contributed by atoms with E-state index in [0.717, 1.165) is 5.56 Å². The van der Waals surface area contributed by atoms with Crippen molar-refractivity contribution >= 4 is 18.1 Å². The van der Waals surface area contributed by atoms with Gasteiger partial charge in [0.05, 0.1) is 13.0 Å². The van der Waals surface area contributed by atoms with Crippen LogP contribution in [-0.4, -0.2) is 32.5 Å². The van der Waals surface area contributed by atoms with Gasteiger partial charge in [-0.05, 0) is 24.5 Å². The normalized spacial score (nSPS) is 26.7. The van der Waals surface area contributed by atoms with Crippen LogP contribution in [0.3, 0.4) is 0 Å². The molecule has 0 radical (unpaired) electrons. The van der Waals surface area contributed by atoms with Crippen LogP contribution in [0.25, 0.3) is 0 Å². The summed E-state index contributed by atoms with van der Waals surface area (Å²) in [4.78, 5) is 0.420. The summed E-state index contributed by atoms with van der Waals surface area (Å²) in [7, 11) is -4.95. The van der Waals surface area contributed by atoms with E-state index in [1.165, 1.54) is 0 Å². The monoisotopic (exact) mass is 325 g/mol. The Bertz CT molecular complexity index is 604. The number of aryl methyl sites for hydroxylation is 1. The lowest BCUT2D eigenvalue weighted by atomic mass is 9.92. The van der Waals surface area contributed by atoms with Crippen molar-refractivity contribution in [3.8, 4) is 0 Å². The molecule has 1 aliphatic heterocycles. The number of sulfonamides is 1. The summed E-state index contributed by atoms with van der Waals surface area (Å²) in [5, 5.41) is 0. The minimum atomic E-state index is -3.38. The van der Waals surface area contributed by atoms with Crippen molar-refractivity contribution in [2.45, 2.75) is 63.9 Å². The molecule has 5 heteroatoms. The Kier molecular flexibility index (Phi) is 3.92. The Morgan fingerprint density at radius 2 is 1.52 bits per heavy atom. The van der Waals surface area contributed by atoms with E-state index in [1.807, 2.05) is 19.1 Å². The molecule has 1 fully saturated rings. The highest BCUT2D eigenvalue weighted by molar-refractivity contribution is 7.89. The predicted molar refractivity (Wildman–Crippen MR) is 90.6 cm³/mol. The summed E-state index contributed by atoms with van der Waals surface area (Å²) in [6.45, 7) is 15.1. The standard InChI is InChI=1S/C16H27NO2SSi/c1-12-8-10-13(11-9-12)20(18,19)17-14(16(2,3)4)15(17)21(5,6)7/h8-11,14-15H,1-7H3/t14-,15-,17?/m0/s1. The third-order valence-electron chi connectivity index (χ3n) is 4.13. The number of nitrogens with zero attached hydrogens (tertiary/aromatic N) is 1. The van der Waals surface area contributed by atoms with Gasteiger partial charge in [-0.15, -0.1) is 0 Å². The maximum absolute atomic E-state index is 13.0. The zero-order chi connectivity index (χ0) is 16.2. The van der Waals surface area contributed by atoms with Gasteiger partial charge in [0.15, 0.2) is 0 Å². The van der Waals surface area contributed by atoms with Crippen LogP contribution >= 0.6 is 0 Å². The number of hydrogen-bond donors (Lipinski definition) is 0. The Balaban J connectivity index is 2.42. The zero-order valence-electron chi connectivity index (χ0n) is 14.1. The van der Waals surface area contributed by atoms with Crippen LogP contribution in [0, 0.1) is 12.3 Å². The van der Waals surface area contributed by atoms with Crippen LogP contribution in [0.5, 0.6) is 0 Å². The maximum atomic E-state index is 13.0. The van der Waals surface area contributed by atoms with E-state index in [1.54, 1.807) is 16.4 Å². The molecule has 1 aliphatic rings. The molecule has 2 rings (SSSR count). The Hall–Kier alpha value is -0.653. The average molecular weight is 326 g/mol. The summed E-state index contributed by atoms with van der Waals surface area (Å²) in [5.41, 5.74) is 1.25. The fraction of sp³-hybridized carbons (Fsp3) is 0.625. The Labute approximate surface area is 130 Å². The van der Waals surface area contributed by atoms with Gasteiger partial charge in [-0.3, -0.25) is 0 Å². The Morgan fingerprint density at radius 1 is 1.05 bits per heavy atom. The number of hydrogen-bond acceptors (Lipinski definition) is 2. The average Bonchev–Trinajstić information content (AvgIpc) is 3.04. The number of rotatable bonds is 3. The van der Waals surface area contributed by atoms with Gasteiger partial charge in [0, 0.05) is 11.7 Å². The SMILES string of the molecule is Cc1ccc(S(=O)(=O)N2[C@H](C(C)(C)C)[C@@H]2[Si](C)(C)C)cc1. The first-order valence-corrected chi connectivity index (χ1v) is 12.5. The summed E-state index contributed by atoms with van der Waals surface area (Å²) < 4.78 is 27.7. The summed E-state index contributed by atoms with van der Waals surface area (Å²) in [6, 6.07) is 7.31. The van der Waals surface area contributed by atoms with Crippen LogP contribution in [0.2, 0.25) is 19.6 Å². The van der Waals surface area contributed by atoms with E-state index in [0.29, 0.717) is 4.90 Å². The zero-order valence-corrected chi connectivity index (χ0v) is 16.0. The molecule has 0 aliphatic carbocycles. The van der Waals surface area contributed by atoms with Crippen LogP contribution in [0.15, 0.2) is 29.2 Å². The van der Waals surface area contributed by atoms with E-state index < -0.39 is 18.1 Å². The molecule has 0 bridgehead atoms. The molecular formula is C16H27NO2SSi. The van der Waals surface area contributed by atoms with Crippen LogP contribution in [0.1, 0.15) is 26.3 Å². The van der Waals surface area contributed by atoms with Gasteiger partial charge in [-0.1, -0.05) is 58.1 Å². The molecule has 3 nitrogen and oxygen atoms in total. The predicted octanol–water partition coefficient (Wildman–Crippen LogP) is 3.66. The molecule has 1 aromatic rings. The second kappa shape index (κ2) is 4.93. The third-order valence-corrected chi connectivity index (χ3v) is 8.56. The Morgan fingerprint density at radius 3 is 1.86 bits per heavy atom. The van der Waals surface area contributed by atoms with Crippen molar-refractivity contribution in [1.29, 1.82) is 0 Å². The fourth-order valence-corrected chi connectivity index (χ4v) is 8.79. The molecule has 21 heavy (non-hydrogen) atoms. The van der Waals surface area contributed by atoms with Crippen molar-refractivity contribution in [3.05, 3.63) is 29.8 Å². The molecular weight excluding hydrogens is 298 g/mol. The highest BCUT2D eigenvalue weighted by Crippen LogP contribution is 2.49. The lowest BCUT2D eigenvalue weighted by Gasteiger charge is -2.20. The second-order valence-corrected chi connectivity index (χ2v) is 15.4. The molecule has 1 heterocycles. The molecule has 1 saturated heterocycles. The van der Waals surface area contributed by atoms with Crippen molar-refractivity contribution in [2.24, 2.45) is 5.41 Å². The molecule has 1 unspecified atom stereocenters. The fourth-order valence-electron chi connectivity index (χ4n) is 3.05. The molecule has 0 aromatic heterocycles. The highest BCUT2D eigenvalue weighted by Gasteiger charge is 2.64. The molecule has 118 valence electrons. The minimum Gasteiger partial charge on any atom is -0.207 e. The van der Waals surface area contributed by atoms with Gasteiger partial charge in [-0.25, -0.2) is 8.42 Å². The van der Waals surface area contributed by atoms with Gasteiger partial charge >= 0.3 is 0 Å². The largest absolute Gasteiger partial charge is 0.243 e. The molecule has 1 aromatic carbocycles. The van der Waals surface area contributed by atoms with Crippen LogP contribution < -0.4 is 0 Å². The first kappa shape index (κ1) is 16.7. The van der Waals surface area contributed by atoms with Crippen molar-refractivity contribution in [1.82, 2.24) is 4.31 Å². The van der Waals surface area contributed by atoms with E-state index in [9.17, 15) is 8.42 Å². The van der Waals surface area contributed by atoms with Crippen molar-refractivity contribution in [3.63, 3.8) is 0 Å². The first-order valence-electron chi connectivity index (χ1n) is 7.47. The lowest BCUT2D eigenvalue weighted by Crippen LogP contribution is -2.34. The smallest absolute Gasteiger partial charge is 0.207 e. The van der Waals surface area contributed by atoms with Crippen molar-refractivity contribution in [2.75, 3.05) is 0 Å². The van der Waals surface area contributed by atoms with E-state index in [4.69, 9.17) is 0 Å². The quantitative estimate of drug-likeness (QED) is 0.628. The lowest BCUT2D eigenvalue weighted by molar-refractivity contribution is 0.370. The van der Waals surface area contributed by atoms with Gasteiger partial charge in [0.25, 0.3) is 0 Å². The van der Waals surface area contributed by atoms with E-state index in [-0.39, 0.29) is 17.1 Å². The maximum Gasteiger partial charge on any atom is 0.243 e. The van der Waals surface area contributed by atoms with E-state index >= 15 is 0 Å². The van der Waals surface area contributed by atoms with Crippen LogP contribution in [0.4, 0.5) is 0 Å². The molecule has 3 atom stereocenters.